The number of halogens is 1. The van der Waals surface area contributed by atoms with E-state index in [1.54, 1.807) is 6.07 Å². The van der Waals surface area contributed by atoms with Gasteiger partial charge in [-0.25, -0.2) is 4.99 Å². The molecule has 1 fully saturated rings. The summed E-state index contributed by atoms with van der Waals surface area (Å²) in [5.41, 5.74) is 11.3. The van der Waals surface area contributed by atoms with Crippen molar-refractivity contribution in [2.45, 2.75) is 25.4 Å². The Morgan fingerprint density at radius 1 is 1.56 bits per heavy atom. The summed E-state index contributed by atoms with van der Waals surface area (Å²) in [6.45, 7) is 0.316. The summed E-state index contributed by atoms with van der Waals surface area (Å²) in [6.07, 6.45) is 3.66. The van der Waals surface area contributed by atoms with Gasteiger partial charge in [0.05, 0.1) is 5.56 Å². The first kappa shape index (κ1) is 14.8. The molecule has 1 aromatic rings. The van der Waals surface area contributed by atoms with Crippen LogP contribution in [-0.2, 0) is 6.54 Å². The van der Waals surface area contributed by atoms with Crippen LogP contribution in [0.1, 0.15) is 29.0 Å². The molecule has 0 unspecified atom stereocenters. The van der Waals surface area contributed by atoms with Gasteiger partial charge in [-0.05, 0) is 18.9 Å². The van der Waals surface area contributed by atoms with Gasteiger partial charge in [-0.2, -0.15) is 0 Å². The highest BCUT2D eigenvalue weighted by Gasteiger charge is 2.27. The first-order valence-electron chi connectivity index (χ1n) is 5.48. The molecule has 0 saturated heterocycles. The van der Waals surface area contributed by atoms with E-state index in [4.69, 9.17) is 15.9 Å². The number of hydrogen-bond acceptors (Lipinski definition) is 3. The van der Waals surface area contributed by atoms with Gasteiger partial charge in [-0.15, -0.1) is 24.0 Å². The van der Waals surface area contributed by atoms with Crippen molar-refractivity contribution in [3.05, 3.63) is 23.7 Å². The molecule has 1 amide bonds. The van der Waals surface area contributed by atoms with Crippen molar-refractivity contribution in [2.24, 2.45) is 16.5 Å². The Morgan fingerprint density at radius 2 is 2.22 bits per heavy atom. The van der Waals surface area contributed by atoms with Crippen LogP contribution in [0.15, 0.2) is 21.7 Å². The van der Waals surface area contributed by atoms with Crippen molar-refractivity contribution in [1.82, 2.24) is 4.90 Å². The molecule has 1 heterocycles. The number of furan rings is 1. The first-order chi connectivity index (χ1) is 8.08. The predicted molar refractivity (Wildman–Crippen MR) is 78.8 cm³/mol. The summed E-state index contributed by atoms with van der Waals surface area (Å²) in [4.78, 5) is 17.0. The fourth-order valence-corrected chi connectivity index (χ4v) is 1.51. The second kappa shape index (κ2) is 6.07. The van der Waals surface area contributed by atoms with Crippen LogP contribution in [0.2, 0.25) is 0 Å². The molecule has 1 aliphatic carbocycles. The molecule has 7 heteroatoms. The molecule has 100 valence electrons. The number of rotatable bonds is 4. The molecule has 4 N–H and O–H groups in total. The largest absolute Gasteiger partial charge is 0.467 e. The van der Waals surface area contributed by atoms with Gasteiger partial charge < -0.3 is 20.8 Å². The Balaban J connectivity index is 0.00000162. The van der Waals surface area contributed by atoms with Crippen molar-refractivity contribution < 1.29 is 9.21 Å². The van der Waals surface area contributed by atoms with Crippen LogP contribution in [0.25, 0.3) is 0 Å². The number of hydrogen-bond donors (Lipinski definition) is 2. The molecule has 1 saturated carbocycles. The molecule has 0 atom stereocenters. The Bertz CT molecular complexity index is 454. The lowest BCUT2D eigenvalue weighted by Crippen LogP contribution is -2.35. The Kier molecular flexibility index (Phi) is 5.00. The van der Waals surface area contributed by atoms with E-state index >= 15 is 0 Å². The van der Waals surface area contributed by atoms with E-state index < -0.39 is 5.91 Å². The van der Waals surface area contributed by atoms with E-state index in [1.165, 1.54) is 19.1 Å². The molecular formula is C11H17IN4O2. The fourth-order valence-electron chi connectivity index (χ4n) is 1.51. The zero-order chi connectivity index (χ0) is 12.4. The zero-order valence-electron chi connectivity index (χ0n) is 10.1. The number of amides is 1. The quantitative estimate of drug-likeness (QED) is 0.471. The van der Waals surface area contributed by atoms with E-state index in [9.17, 15) is 4.79 Å². The van der Waals surface area contributed by atoms with Crippen molar-refractivity contribution in [1.29, 1.82) is 0 Å². The third-order valence-electron chi connectivity index (χ3n) is 2.79. The molecule has 6 nitrogen and oxygen atoms in total. The summed E-state index contributed by atoms with van der Waals surface area (Å²) in [5, 5.41) is 0. The minimum Gasteiger partial charge on any atom is -0.467 e. The number of nitrogens with two attached hydrogens (primary N) is 2. The molecule has 18 heavy (non-hydrogen) atoms. The lowest BCUT2D eigenvalue weighted by atomic mass is 10.3. The van der Waals surface area contributed by atoms with E-state index in [0.29, 0.717) is 29.9 Å². The molecule has 1 aromatic heterocycles. The molecule has 0 radical (unpaired) electrons. The van der Waals surface area contributed by atoms with Crippen molar-refractivity contribution >= 4 is 35.8 Å². The lowest BCUT2D eigenvalue weighted by molar-refractivity contribution is 0.0999. The van der Waals surface area contributed by atoms with Gasteiger partial charge in [0.1, 0.15) is 18.6 Å². The monoisotopic (exact) mass is 364 g/mol. The minimum absolute atomic E-state index is 0. The topological polar surface area (TPSA) is 97.9 Å². The molecule has 0 spiro atoms. The van der Waals surface area contributed by atoms with Crippen LogP contribution in [-0.4, -0.2) is 29.9 Å². The molecular weight excluding hydrogens is 347 g/mol. The van der Waals surface area contributed by atoms with Crippen molar-refractivity contribution in [3.8, 4) is 0 Å². The first-order valence-corrected chi connectivity index (χ1v) is 5.48. The maximum absolute atomic E-state index is 10.9. The average molecular weight is 364 g/mol. The van der Waals surface area contributed by atoms with Gasteiger partial charge in [0, 0.05) is 13.1 Å². The Labute approximate surface area is 122 Å². The normalized spacial score (nSPS) is 15.1. The van der Waals surface area contributed by atoms with Crippen LogP contribution < -0.4 is 11.5 Å². The number of carbonyl (C=O) groups excluding carboxylic acids is 1. The standard InChI is InChI=1S/C11H16N4O2.HI/c1-15(8-2-3-8)11(13)14-5-9-4-7(6-17-9)10(12)16;/h4,6,8H,2-3,5H2,1H3,(H2,12,16)(H2,13,14);1H. The highest BCUT2D eigenvalue weighted by atomic mass is 127. The Hall–Kier alpha value is -1.25. The van der Waals surface area contributed by atoms with Gasteiger partial charge >= 0.3 is 0 Å². The molecule has 0 aromatic carbocycles. The Morgan fingerprint density at radius 3 is 2.72 bits per heavy atom. The van der Waals surface area contributed by atoms with E-state index in [-0.39, 0.29) is 24.0 Å². The lowest BCUT2D eigenvalue weighted by Gasteiger charge is -2.16. The third kappa shape index (κ3) is 3.62. The van der Waals surface area contributed by atoms with Crippen LogP contribution in [0, 0.1) is 0 Å². The van der Waals surface area contributed by atoms with Gasteiger partial charge in [0.15, 0.2) is 5.96 Å². The highest BCUT2D eigenvalue weighted by Crippen LogP contribution is 2.24. The SMILES string of the molecule is CN(C(N)=NCc1cc(C(N)=O)co1)C1CC1.I. The van der Waals surface area contributed by atoms with Gasteiger partial charge in [-0.3, -0.25) is 4.79 Å². The number of primary amides is 1. The van der Waals surface area contributed by atoms with Gasteiger partial charge in [0.25, 0.3) is 5.91 Å². The third-order valence-corrected chi connectivity index (χ3v) is 2.79. The second-order valence-electron chi connectivity index (χ2n) is 4.18. The zero-order valence-corrected chi connectivity index (χ0v) is 12.5. The summed E-state index contributed by atoms with van der Waals surface area (Å²) in [7, 11) is 1.92. The maximum Gasteiger partial charge on any atom is 0.251 e. The smallest absolute Gasteiger partial charge is 0.251 e. The van der Waals surface area contributed by atoms with Crippen molar-refractivity contribution in [2.75, 3.05) is 7.05 Å². The summed E-state index contributed by atoms with van der Waals surface area (Å²) >= 11 is 0. The van der Waals surface area contributed by atoms with Crippen molar-refractivity contribution in [3.63, 3.8) is 0 Å². The fraction of sp³-hybridized carbons (Fsp3) is 0.455. The number of aliphatic imine (C=N–C) groups is 1. The highest BCUT2D eigenvalue weighted by molar-refractivity contribution is 14.0. The van der Waals surface area contributed by atoms with Gasteiger partial charge in [-0.1, -0.05) is 0 Å². The average Bonchev–Trinajstić information content (AvgIpc) is 3.03. The molecule has 0 bridgehead atoms. The second-order valence-corrected chi connectivity index (χ2v) is 4.18. The van der Waals surface area contributed by atoms with Crippen LogP contribution in [0.5, 0.6) is 0 Å². The summed E-state index contributed by atoms with van der Waals surface area (Å²) < 4.78 is 5.15. The summed E-state index contributed by atoms with van der Waals surface area (Å²) in [6, 6.07) is 2.10. The van der Waals surface area contributed by atoms with E-state index in [2.05, 4.69) is 4.99 Å². The van der Waals surface area contributed by atoms with Crippen LogP contribution in [0.3, 0.4) is 0 Å². The number of guanidine groups is 1. The van der Waals surface area contributed by atoms with E-state index in [1.807, 2.05) is 11.9 Å². The predicted octanol–water partition coefficient (Wildman–Crippen LogP) is 0.905. The minimum atomic E-state index is -0.507. The number of nitrogens with zero attached hydrogens (tertiary/aromatic N) is 2. The maximum atomic E-state index is 10.9. The number of carbonyl (C=O) groups is 1. The molecule has 1 aliphatic rings. The molecule has 0 aliphatic heterocycles. The van der Waals surface area contributed by atoms with Crippen LogP contribution in [0.4, 0.5) is 0 Å². The van der Waals surface area contributed by atoms with Crippen LogP contribution >= 0.6 is 24.0 Å². The van der Waals surface area contributed by atoms with Gasteiger partial charge in [0.2, 0.25) is 0 Å². The summed E-state index contributed by atoms with van der Waals surface area (Å²) in [5.74, 6) is 0.558. The molecule has 2 rings (SSSR count). The van der Waals surface area contributed by atoms with E-state index in [0.717, 1.165) is 0 Å².